The van der Waals surface area contributed by atoms with Crippen molar-refractivity contribution >= 4 is 51.8 Å². The third kappa shape index (κ3) is 2.92. The predicted octanol–water partition coefficient (Wildman–Crippen LogP) is 3.15. The number of thiocarbonyl (C=S) groups is 1. The number of nitrogens with zero attached hydrogens (tertiary/aromatic N) is 2. The molecular formula is C20H14FN3O2S. The van der Waals surface area contributed by atoms with Crippen molar-refractivity contribution in [2.45, 2.75) is 0 Å². The van der Waals surface area contributed by atoms with Crippen molar-refractivity contribution in [3.8, 4) is 0 Å². The van der Waals surface area contributed by atoms with Gasteiger partial charge < -0.3 is 4.57 Å². The fourth-order valence-electron chi connectivity index (χ4n) is 3.13. The van der Waals surface area contributed by atoms with Crippen molar-refractivity contribution in [3.05, 3.63) is 71.7 Å². The van der Waals surface area contributed by atoms with E-state index in [0.717, 1.165) is 16.5 Å². The van der Waals surface area contributed by atoms with Crippen molar-refractivity contribution in [2.75, 3.05) is 4.90 Å². The second-order valence-electron chi connectivity index (χ2n) is 6.15. The summed E-state index contributed by atoms with van der Waals surface area (Å²) in [6, 6.07) is 13.0. The number of aromatic nitrogens is 1. The van der Waals surface area contributed by atoms with Gasteiger partial charge in [-0.15, -0.1) is 0 Å². The quantitative estimate of drug-likeness (QED) is 0.423. The highest BCUT2D eigenvalue weighted by Crippen LogP contribution is 2.26. The van der Waals surface area contributed by atoms with Crippen molar-refractivity contribution in [3.63, 3.8) is 0 Å². The van der Waals surface area contributed by atoms with E-state index in [0.29, 0.717) is 5.69 Å². The predicted molar refractivity (Wildman–Crippen MR) is 106 cm³/mol. The molecule has 1 aliphatic heterocycles. The van der Waals surface area contributed by atoms with Gasteiger partial charge >= 0.3 is 0 Å². The van der Waals surface area contributed by atoms with Crippen LogP contribution in [0.25, 0.3) is 17.0 Å². The molecule has 0 atom stereocenters. The first kappa shape index (κ1) is 17.1. The fraction of sp³-hybridized carbons (Fsp3) is 0.0500. The van der Waals surface area contributed by atoms with E-state index in [2.05, 4.69) is 5.32 Å². The highest BCUT2D eigenvalue weighted by molar-refractivity contribution is 7.80. The lowest BCUT2D eigenvalue weighted by Crippen LogP contribution is -2.54. The van der Waals surface area contributed by atoms with Crippen LogP contribution in [-0.4, -0.2) is 21.5 Å². The van der Waals surface area contributed by atoms with Gasteiger partial charge in [0, 0.05) is 29.7 Å². The first-order valence-electron chi connectivity index (χ1n) is 8.17. The van der Waals surface area contributed by atoms with E-state index in [1.807, 2.05) is 42.1 Å². The van der Waals surface area contributed by atoms with Crippen LogP contribution in [0.3, 0.4) is 0 Å². The Morgan fingerprint density at radius 1 is 1.07 bits per heavy atom. The van der Waals surface area contributed by atoms with Crippen LogP contribution < -0.4 is 10.2 Å². The zero-order valence-corrected chi connectivity index (χ0v) is 15.1. The minimum absolute atomic E-state index is 0.0355. The molecule has 1 aliphatic rings. The van der Waals surface area contributed by atoms with Gasteiger partial charge in [-0.05, 0) is 48.6 Å². The van der Waals surface area contributed by atoms with Gasteiger partial charge in [-0.1, -0.05) is 18.2 Å². The number of amides is 2. The zero-order valence-electron chi connectivity index (χ0n) is 14.3. The Hall–Kier alpha value is -3.32. The maximum Gasteiger partial charge on any atom is 0.270 e. The largest absolute Gasteiger partial charge is 0.350 e. The van der Waals surface area contributed by atoms with E-state index in [-0.39, 0.29) is 10.7 Å². The molecule has 7 heteroatoms. The van der Waals surface area contributed by atoms with Gasteiger partial charge in [0.05, 0.1) is 5.69 Å². The van der Waals surface area contributed by atoms with E-state index in [1.54, 1.807) is 6.08 Å². The number of carbonyl (C=O) groups excluding carboxylic acids is 2. The molecule has 3 aromatic rings. The maximum absolute atomic E-state index is 13.2. The molecule has 2 aromatic carbocycles. The molecule has 0 unspecified atom stereocenters. The summed E-state index contributed by atoms with van der Waals surface area (Å²) in [5, 5.41) is 3.42. The summed E-state index contributed by atoms with van der Waals surface area (Å²) in [5.41, 5.74) is 2.08. The molecular weight excluding hydrogens is 365 g/mol. The number of anilines is 1. The van der Waals surface area contributed by atoms with Crippen LogP contribution in [0, 0.1) is 5.82 Å². The standard InChI is InChI=1S/C20H14FN3O2S/c1-23-11-12(15-4-2-3-5-17(15)23)10-16-18(25)22-20(27)24(19(16)26)14-8-6-13(21)7-9-14/h2-11H,1H3,(H,22,25,27). The number of benzene rings is 2. The van der Waals surface area contributed by atoms with Crippen molar-refractivity contribution < 1.29 is 14.0 Å². The molecule has 0 radical (unpaired) electrons. The average Bonchev–Trinajstić information content (AvgIpc) is 2.96. The SMILES string of the molecule is Cn1cc(C=C2C(=O)NC(=S)N(c3ccc(F)cc3)C2=O)c2ccccc21. The van der Waals surface area contributed by atoms with Gasteiger partial charge in [-0.2, -0.15) is 0 Å². The zero-order chi connectivity index (χ0) is 19.1. The molecule has 27 heavy (non-hydrogen) atoms. The molecule has 5 nitrogen and oxygen atoms in total. The van der Waals surface area contributed by atoms with Gasteiger partial charge in [-0.3, -0.25) is 19.8 Å². The van der Waals surface area contributed by atoms with Crippen molar-refractivity contribution in [2.24, 2.45) is 7.05 Å². The van der Waals surface area contributed by atoms with E-state index >= 15 is 0 Å². The van der Waals surface area contributed by atoms with Crippen LogP contribution in [0.4, 0.5) is 10.1 Å². The van der Waals surface area contributed by atoms with Gasteiger partial charge in [0.15, 0.2) is 5.11 Å². The number of nitrogens with one attached hydrogen (secondary N) is 1. The molecule has 0 bridgehead atoms. The summed E-state index contributed by atoms with van der Waals surface area (Å²) in [6.07, 6.45) is 3.41. The van der Waals surface area contributed by atoms with Crippen LogP contribution >= 0.6 is 12.2 Å². The lowest BCUT2D eigenvalue weighted by molar-refractivity contribution is -0.122. The van der Waals surface area contributed by atoms with Gasteiger partial charge in [-0.25, -0.2) is 4.39 Å². The molecule has 4 rings (SSSR count). The number of rotatable bonds is 2. The Morgan fingerprint density at radius 2 is 1.78 bits per heavy atom. The van der Waals surface area contributed by atoms with Gasteiger partial charge in [0.1, 0.15) is 11.4 Å². The molecule has 1 fully saturated rings. The van der Waals surface area contributed by atoms with Crippen LogP contribution in [0.2, 0.25) is 0 Å². The van der Waals surface area contributed by atoms with Gasteiger partial charge in [0.2, 0.25) is 0 Å². The number of carbonyl (C=O) groups is 2. The molecule has 0 spiro atoms. The molecule has 2 amide bonds. The van der Waals surface area contributed by atoms with Crippen LogP contribution in [0.1, 0.15) is 5.56 Å². The molecule has 0 aliphatic carbocycles. The van der Waals surface area contributed by atoms with Crippen LogP contribution in [0.5, 0.6) is 0 Å². The van der Waals surface area contributed by atoms with Crippen molar-refractivity contribution in [1.82, 2.24) is 9.88 Å². The van der Waals surface area contributed by atoms with Gasteiger partial charge in [0.25, 0.3) is 11.8 Å². The average molecular weight is 379 g/mol. The summed E-state index contributed by atoms with van der Waals surface area (Å²) in [5.74, 6) is -1.54. The topological polar surface area (TPSA) is 54.3 Å². The minimum atomic E-state index is -0.559. The molecule has 1 aromatic heterocycles. The Morgan fingerprint density at radius 3 is 2.52 bits per heavy atom. The van der Waals surface area contributed by atoms with Crippen LogP contribution in [-0.2, 0) is 16.6 Å². The monoisotopic (exact) mass is 379 g/mol. The summed E-state index contributed by atoms with van der Waals surface area (Å²) in [6.45, 7) is 0. The number of fused-ring (bicyclic) bond motifs is 1. The fourth-order valence-corrected chi connectivity index (χ4v) is 3.41. The highest BCUT2D eigenvalue weighted by atomic mass is 32.1. The van der Waals surface area contributed by atoms with E-state index < -0.39 is 17.6 Å². The smallest absolute Gasteiger partial charge is 0.270 e. The van der Waals surface area contributed by atoms with E-state index in [1.165, 1.54) is 29.2 Å². The second-order valence-corrected chi connectivity index (χ2v) is 6.53. The van der Waals surface area contributed by atoms with Crippen LogP contribution in [0.15, 0.2) is 60.3 Å². The van der Waals surface area contributed by atoms with E-state index in [9.17, 15) is 14.0 Å². The Balaban J connectivity index is 1.80. The number of para-hydroxylation sites is 1. The molecule has 134 valence electrons. The molecule has 0 saturated carbocycles. The summed E-state index contributed by atoms with van der Waals surface area (Å²) in [4.78, 5) is 26.6. The summed E-state index contributed by atoms with van der Waals surface area (Å²) >= 11 is 5.14. The lowest BCUT2D eigenvalue weighted by Gasteiger charge is -2.28. The minimum Gasteiger partial charge on any atom is -0.350 e. The third-order valence-electron chi connectivity index (χ3n) is 4.41. The number of hydrogen-bond donors (Lipinski definition) is 1. The molecule has 2 heterocycles. The number of halogens is 1. The van der Waals surface area contributed by atoms with Crippen molar-refractivity contribution in [1.29, 1.82) is 0 Å². The Labute approximate surface area is 159 Å². The second kappa shape index (κ2) is 6.44. The first-order chi connectivity index (χ1) is 13.0. The Kier molecular flexibility index (Phi) is 4.08. The molecule has 1 saturated heterocycles. The highest BCUT2D eigenvalue weighted by Gasteiger charge is 2.34. The Bertz CT molecular complexity index is 1130. The first-order valence-corrected chi connectivity index (χ1v) is 8.57. The number of aryl methyl sites for hydroxylation is 1. The normalized spacial score (nSPS) is 16.3. The maximum atomic E-state index is 13.2. The van der Waals surface area contributed by atoms with E-state index in [4.69, 9.17) is 12.2 Å². The lowest BCUT2D eigenvalue weighted by atomic mass is 10.1. The molecule has 1 N–H and O–H groups in total. The number of hydrogen-bond acceptors (Lipinski definition) is 3. The summed E-state index contributed by atoms with van der Waals surface area (Å²) in [7, 11) is 1.90. The third-order valence-corrected chi connectivity index (χ3v) is 4.70. The summed E-state index contributed by atoms with van der Waals surface area (Å²) < 4.78 is 15.1.